The molecule has 2 aliphatic rings. The first-order valence-corrected chi connectivity index (χ1v) is 27.9. The van der Waals surface area contributed by atoms with Gasteiger partial charge in [0.2, 0.25) is 6.10 Å². The van der Waals surface area contributed by atoms with E-state index >= 15 is 0 Å². The normalized spacial score (nSPS) is 23.5. The zero-order valence-corrected chi connectivity index (χ0v) is 44.1. The third kappa shape index (κ3) is 15.1. The van der Waals surface area contributed by atoms with Gasteiger partial charge in [0, 0.05) is 16.7 Å². The van der Waals surface area contributed by atoms with Crippen LogP contribution in [0, 0.1) is 17.2 Å². The van der Waals surface area contributed by atoms with E-state index in [2.05, 4.69) is 38.9 Å². The summed E-state index contributed by atoms with van der Waals surface area (Å²) < 4.78 is 79.3. The molecule has 32 heteroatoms. The number of para-hydroxylation sites is 1. The highest BCUT2D eigenvalue weighted by molar-refractivity contribution is 7.60. The summed E-state index contributed by atoms with van der Waals surface area (Å²) in [7, 11) is -16.6. The second-order valence-electron chi connectivity index (χ2n) is 17.4. The Morgan fingerprint density at radius 1 is 0.872 bits per heavy atom. The van der Waals surface area contributed by atoms with Crippen molar-refractivity contribution in [3.05, 3.63) is 138 Å². The molecule has 2 fully saturated rings. The minimum Gasteiger partial charge on any atom is -0.756 e. The molecule has 0 aliphatic carbocycles. The van der Waals surface area contributed by atoms with Gasteiger partial charge in [0.15, 0.2) is 36.2 Å². The number of hydrogen-bond donors (Lipinski definition) is 8. The van der Waals surface area contributed by atoms with Crippen molar-refractivity contribution in [3.8, 4) is 17.6 Å². The smallest absolute Gasteiger partial charge is 0.478 e. The number of hydrogen-bond acceptors (Lipinski definition) is 22. The van der Waals surface area contributed by atoms with Crippen molar-refractivity contribution in [3.63, 3.8) is 0 Å². The molecule has 8 rings (SSSR count). The van der Waals surface area contributed by atoms with E-state index in [1.165, 1.54) is 29.1 Å². The molecular formula is C46H50ClN8O20P3. The molecule has 28 nitrogen and oxygen atoms in total. The van der Waals surface area contributed by atoms with Gasteiger partial charge in [-0.1, -0.05) is 67.9 Å². The molecule has 3 aromatic carbocycles. The van der Waals surface area contributed by atoms with Crippen molar-refractivity contribution >= 4 is 63.9 Å². The third-order valence-electron chi connectivity index (χ3n) is 11.6. The number of aliphatic hydroxyl groups excluding tert-OH is 3. The molecule has 416 valence electrons. The number of imidazole rings is 1. The number of phosphoric acid groups is 3. The zero-order valence-electron chi connectivity index (χ0n) is 40.7. The van der Waals surface area contributed by atoms with Crippen LogP contribution in [0.15, 0.2) is 116 Å². The lowest BCUT2D eigenvalue weighted by atomic mass is 9.88. The standard InChI is InChI=1S/C25H22ClNO3.C21H28N7O17P3/c1-17(2)24(18-11-13-20(26)14-12-18)25(28)30-23(16-27)19-7-6-10-22(15-19)29-21-8-4-3-5-9-21;22-17-12-19(25-7-24-17)28(8-26-12)21-16(44-46(33,34)35)14(30)11(43-21)6-41-48(38,39)45-47(36,37)40-5-10-13(29)15(31)20(42-10)27-3-1-2-9(4-27)18(23)32/h3-15,17,23-24H,1-2H3;1-4,7-8,10-11,13-16,20-21,29-31H,5-6H2,(H7-,22,23,24,25,32,33,34,35,36,37,38,39)/t;10-,11-,13-,14-,15-,16-,20-,21-/m.1/s1. The van der Waals surface area contributed by atoms with Gasteiger partial charge >= 0.3 is 21.6 Å². The summed E-state index contributed by atoms with van der Waals surface area (Å²) >= 11 is 5.96. The molecule has 5 heterocycles. The van der Waals surface area contributed by atoms with E-state index in [9.17, 15) is 63.4 Å². The van der Waals surface area contributed by atoms with Crippen LogP contribution in [0.3, 0.4) is 0 Å². The number of nitrogen functional groups attached to an aromatic ring is 1. The van der Waals surface area contributed by atoms with Gasteiger partial charge in [0.1, 0.15) is 65.5 Å². The fraction of sp³-hybridized carbons (Fsp3) is 0.326. The number of benzene rings is 3. The molecule has 4 unspecified atom stereocenters. The number of fused-ring (bicyclic) bond motifs is 1. The first-order chi connectivity index (χ1) is 36.8. The summed E-state index contributed by atoms with van der Waals surface area (Å²) in [6, 6.07) is 28.3. The van der Waals surface area contributed by atoms with E-state index in [0.717, 1.165) is 22.8 Å². The Bertz CT molecular complexity index is 3260. The maximum absolute atomic E-state index is 13.0. The van der Waals surface area contributed by atoms with Crippen molar-refractivity contribution < 1.29 is 99.6 Å². The highest BCUT2D eigenvalue weighted by Gasteiger charge is 2.51. The number of aromatic nitrogens is 5. The summed E-state index contributed by atoms with van der Waals surface area (Å²) in [6.45, 7) is 1.76. The predicted octanol–water partition coefficient (Wildman–Crippen LogP) is 3.15. The Morgan fingerprint density at radius 3 is 2.22 bits per heavy atom. The number of carbonyl (C=O) groups is 2. The van der Waals surface area contributed by atoms with Crippen molar-refractivity contribution in [1.82, 2.24) is 19.5 Å². The van der Waals surface area contributed by atoms with Crippen LogP contribution in [-0.2, 0) is 50.6 Å². The molecular weight excluding hydrogens is 1110 g/mol. The van der Waals surface area contributed by atoms with Crippen molar-refractivity contribution in [2.24, 2.45) is 11.7 Å². The SMILES string of the molecule is CC(C)C(C(=O)OC(C#N)c1cccc(Oc2ccccc2)c1)c1ccc(Cl)cc1.NC(=O)c1ccc[n+]([C@@H]2O[C@H](COP(=O)([O-])OP(=O)(O)OC[C@H]3O[C@@H](n4cnc5c(N)ncnc54)[C@H](OP(=O)(O)O)[C@@H]3O)[C@@H](O)[C@H]2O)c1. The van der Waals surface area contributed by atoms with Crippen molar-refractivity contribution in [2.45, 2.75) is 74.9 Å². The Balaban J connectivity index is 0.000000252. The molecule has 0 bridgehead atoms. The van der Waals surface area contributed by atoms with E-state index in [1.54, 1.807) is 36.4 Å². The van der Waals surface area contributed by atoms with Crippen LogP contribution >= 0.6 is 35.1 Å². The van der Waals surface area contributed by atoms with Crippen LogP contribution in [0.1, 0.15) is 59.8 Å². The van der Waals surface area contributed by atoms with Crippen molar-refractivity contribution in [1.29, 1.82) is 5.26 Å². The van der Waals surface area contributed by atoms with Crippen LogP contribution in [0.4, 0.5) is 5.82 Å². The van der Waals surface area contributed by atoms with Gasteiger partial charge in [-0.05, 0) is 53.9 Å². The first-order valence-electron chi connectivity index (χ1n) is 23.0. The second kappa shape index (κ2) is 25.3. The van der Waals surface area contributed by atoms with Gasteiger partial charge in [0.25, 0.3) is 20.0 Å². The summed E-state index contributed by atoms with van der Waals surface area (Å²) in [5.74, 6) is -0.573. The van der Waals surface area contributed by atoms with Gasteiger partial charge < -0.3 is 69.8 Å². The summed E-state index contributed by atoms with van der Waals surface area (Å²) in [6.07, 6.45) is -9.63. The Kier molecular flexibility index (Phi) is 19.3. The fourth-order valence-electron chi connectivity index (χ4n) is 8.01. The van der Waals surface area contributed by atoms with Crippen LogP contribution in [-0.4, -0.2) is 111 Å². The molecule has 1 amide bonds. The van der Waals surface area contributed by atoms with Gasteiger partial charge in [0.05, 0.1) is 25.5 Å². The highest BCUT2D eigenvalue weighted by Crippen LogP contribution is 2.59. The number of amides is 1. The van der Waals surface area contributed by atoms with Crippen molar-refractivity contribution in [2.75, 3.05) is 18.9 Å². The molecule has 2 aliphatic heterocycles. The summed E-state index contributed by atoms with van der Waals surface area (Å²) in [5, 5.41) is 41.7. The van der Waals surface area contributed by atoms with Gasteiger partial charge in [-0.15, -0.1) is 0 Å². The number of nitrogens with two attached hydrogens (primary N) is 2. The number of primary amides is 1. The van der Waals surface area contributed by atoms with E-state index < -0.39 is 110 Å². The average molecular weight is 1160 g/mol. The largest absolute Gasteiger partial charge is 0.756 e. The monoisotopic (exact) mass is 1160 g/mol. The lowest BCUT2D eigenvalue weighted by molar-refractivity contribution is -0.765. The zero-order chi connectivity index (χ0) is 56.7. The maximum atomic E-state index is 13.0. The molecule has 6 aromatic rings. The van der Waals surface area contributed by atoms with Gasteiger partial charge in [-0.3, -0.25) is 27.8 Å². The number of phosphoric ester groups is 3. The van der Waals surface area contributed by atoms with Crippen LogP contribution in [0.2, 0.25) is 5.02 Å². The number of carbonyl (C=O) groups excluding carboxylic acids is 2. The molecule has 78 heavy (non-hydrogen) atoms. The molecule has 2 saturated heterocycles. The predicted molar refractivity (Wildman–Crippen MR) is 265 cm³/mol. The third-order valence-corrected chi connectivity index (χ3v) is 14.9. The molecule has 10 N–H and O–H groups in total. The molecule has 0 radical (unpaired) electrons. The van der Waals surface area contributed by atoms with Crippen LogP contribution in [0.5, 0.6) is 11.5 Å². The summed E-state index contributed by atoms with van der Waals surface area (Å²) in [4.78, 5) is 77.3. The number of ether oxygens (including phenoxy) is 4. The Morgan fingerprint density at radius 2 is 1.55 bits per heavy atom. The number of halogens is 1. The number of pyridine rings is 1. The van der Waals surface area contributed by atoms with E-state index in [1.807, 2.05) is 56.3 Å². The number of anilines is 1. The summed E-state index contributed by atoms with van der Waals surface area (Å²) in [5.41, 5.74) is 12.4. The minimum atomic E-state index is -5.72. The maximum Gasteiger partial charge on any atom is 0.478 e. The molecule has 0 saturated carbocycles. The quantitative estimate of drug-likeness (QED) is 0.0309. The fourth-order valence-corrected chi connectivity index (χ4v) is 10.7. The number of esters is 1. The van der Waals surface area contributed by atoms with E-state index in [-0.39, 0.29) is 28.5 Å². The number of nitriles is 1. The van der Waals surface area contributed by atoms with Gasteiger partial charge in [-0.25, -0.2) is 28.4 Å². The lowest BCUT2D eigenvalue weighted by Gasteiger charge is -2.26. The lowest BCUT2D eigenvalue weighted by Crippen LogP contribution is -2.46. The number of aliphatic hydroxyl groups is 3. The number of rotatable bonds is 20. The Hall–Kier alpha value is -6.15. The van der Waals surface area contributed by atoms with E-state index in [0.29, 0.717) is 22.1 Å². The Labute approximate surface area is 447 Å². The van der Waals surface area contributed by atoms with Crippen LogP contribution < -0.4 is 25.7 Å². The average Bonchev–Trinajstić information content (AvgIpc) is 4.11. The molecule has 12 atom stereocenters. The molecule has 0 spiro atoms. The number of nitrogens with zero attached hydrogens (tertiary/aromatic N) is 6. The molecule has 3 aromatic heterocycles. The van der Waals surface area contributed by atoms with Crippen LogP contribution in [0.25, 0.3) is 11.2 Å². The van der Waals surface area contributed by atoms with E-state index in [4.69, 9.17) is 42.0 Å². The first kappa shape index (κ1) is 59.5. The highest BCUT2D eigenvalue weighted by atomic mass is 35.5. The second-order valence-corrected chi connectivity index (χ2v) is 22.1. The van der Waals surface area contributed by atoms with Gasteiger partial charge in [-0.2, -0.15) is 9.83 Å². The topological polar surface area (TPSA) is 427 Å². The minimum absolute atomic E-state index is 0.00541.